The number of sulfonamides is 1. The lowest BCUT2D eigenvalue weighted by Gasteiger charge is -2.16. The van der Waals surface area contributed by atoms with E-state index in [4.69, 9.17) is 4.42 Å². The predicted octanol–water partition coefficient (Wildman–Crippen LogP) is 4.18. The molecule has 37 heavy (non-hydrogen) atoms. The molecule has 0 spiro atoms. The average Bonchev–Trinajstić information content (AvgIpc) is 3.49. The van der Waals surface area contributed by atoms with E-state index in [1.54, 1.807) is 6.07 Å². The van der Waals surface area contributed by atoms with Gasteiger partial charge in [0.25, 0.3) is 10.0 Å². The fourth-order valence-corrected chi connectivity index (χ4v) is 5.15. The number of nitrogens with one attached hydrogen (secondary N) is 2. The lowest BCUT2D eigenvalue weighted by molar-refractivity contribution is -0.141. The number of hydrogen-bond acceptors (Lipinski definition) is 6. The molecule has 0 unspecified atom stereocenters. The SMILES string of the molecule is O=C(NCc1cncc(-c2ccc(C(F)(F)F)nc2)c1)C1(NS(=O)(=O)c2cc3cc(F)ccc3o2)CC1. The molecule has 0 radical (unpaired) electrons. The minimum absolute atomic E-state index is 0.00112. The zero-order valence-corrected chi connectivity index (χ0v) is 19.7. The summed E-state index contributed by atoms with van der Waals surface area (Å²) in [5.41, 5.74) is -0.734. The minimum atomic E-state index is -4.55. The van der Waals surface area contributed by atoms with Gasteiger partial charge in [0.05, 0.1) is 0 Å². The van der Waals surface area contributed by atoms with Gasteiger partial charge in [0.15, 0.2) is 0 Å². The molecule has 192 valence electrons. The molecular formula is C24H18F4N4O4S. The third-order valence-corrected chi connectivity index (χ3v) is 7.26. The van der Waals surface area contributed by atoms with E-state index in [2.05, 4.69) is 20.0 Å². The minimum Gasteiger partial charge on any atom is -0.443 e. The number of carbonyl (C=O) groups is 1. The lowest BCUT2D eigenvalue weighted by atomic mass is 10.1. The molecule has 1 aliphatic rings. The van der Waals surface area contributed by atoms with Gasteiger partial charge in [-0.3, -0.25) is 14.8 Å². The molecule has 1 aliphatic carbocycles. The smallest absolute Gasteiger partial charge is 0.433 e. The first-order valence-electron chi connectivity index (χ1n) is 10.9. The number of amides is 1. The highest BCUT2D eigenvalue weighted by Crippen LogP contribution is 2.38. The number of fused-ring (bicyclic) bond motifs is 1. The fourth-order valence-electron chi connectivity index (χ4n) is 3.76. The zero-order chi connectivity index (χ0) is 26.4. The lowest BCUT2D eigenvalue weighted by Crippen LogP contribution is -2.48. The summed E-state index contributed by atoms with van der Waals surface area (Å²) in [5.74, 6) is -1.10. The molecule has 13 heteroatoms. The quantitative estimate of drug-likeness (QED) is 0.344. The van der Waals surface area contributed by atoms with Crippen LogP contribution >= 0.6 is 0 Å². The van der Waals surface area contributed by atoms with E-state index in [-0.39, 0.29) is 30.4 Å². The van der Waals surface area contributed by atoms with Gasteiger partial charge in [-0.15, -0.1) is 0 Å². The highest BCUT2D eigenvalue weighted by molar-refractivity contribution is 7.89. The van der Waals surface area contributed by atoms with Crippen LogP contribution in [0, 0.1) is 5.82 Å². The average molecular weight is 534 g/mol. The Morgan fingerprint density at radius 2 is 1.81 bits per heavy atom. The second kappa shape index (κ2) is 8.92. The van der Waals surface area contributed by atoms with Crippen molar-refractivity contribution in [3.8, 4) is 11.1 Å². The summed E-state index contributed by atoms with van der Waals surface area (Å²) in [6.07, 6.45) is -0.0110. The van der Waals surface area contributed by atoms with Crippen molar-refractivity contribution in [1.82, 2.24) is 20.0 Å². The highest BCUT2D eigenvalue weighted by atomic mass is 32.2. The van der Waals surface area contributed by atoms with Crippen molar-refractivity contribution < 1.29 is 35.2 Å². The number of nitrogens with zero attached hydrogens (tertiary/aromatic N) is 2. The third-order valence-electron chi connectivity index (χ3n) is 5.87. The second-order valence-corrected chi connectivity index (χ2v) is 10.2. The van der Waals surface area contributed by atoms with Gasteiger partial charge in [0.1, 0.15) is 22.6 Å². The number of aromatic nitrogens is 2. The van der Waals surface area contributed by atoms with Gasteiger partial charge in [-0.1, -0.05) is 6.07 Å². The molecule has 8 nitrogen and oxygen atoms in total. The van der Waals surface area contributed by atoms with E-state index in [0.29, 0.717) is 16.7 Å². The number of benzene rings is 1. The molecule has 5 rings (SSSR count). The number of hydrogen-bond donors (Lipinski definition) is 2. The number of carbonyl (C=O) groups excluding carboxylic acids is 1. The number of alkyl halides is 3. The Morgan fingerprint density at radius 1 is 1.03 bits per heavy atom. The molecule has 0 aliphatic heterocycles. The molecular weight excluding hydrogens is 516 g/mol. The van der Waals surface area contributed by atoms with Gasteiger partial charge in [-0.25, -0.2) is 12.8 Å². The molecule has 4 aromatic rings. The van der Waals surface area contributed by atoms with Gasteiger partial charge in [-0.05, 0) is 48.7 Å². The molecule has 0 atom stereocenters. The van der Waals surface area contributed by atoms with Crippen molar-refractivity contribution >= 4 is 26.9 Å². The molecule has 0 bridgehead atoms. The Kier molecular flexibility index (Phi) is 5.99. The fraction of sp³-hybridized carbons (Fsp3) is 0.208. The van der Waals surface area contributed by atoms with E-state index in [1.165, 1.54) is 30.6 Å². The van der Waals surface area contributed by atoms with E-state index < -0.39 is 44.2 Å². The maximum atomic E-state index is 13.4. The molecule has 3 aromatic heterocycles. The number of halogens is 4. The maximum Gasteiger partial charge on any atom is 0.433 e. The normalized spacial score (nSPS) is 15.0. The third kappa shape index (κ3) is 5.18. The van der Waals surface area contributed by atoms with Crippen molar-refractivity contribution in [3.63, 3.8) is 0 Å². The Bertz CT molecular complexity index is 1600. The summed E-state index contributed by atoms with van der Waals surface area (Å²) in [4.78, 5) is 20.4. The van der Waals surface area contributed by atoms with Gasteiger partial charge in [0, 0.05) is 47.7 Å². The topological polar surface area (TPSA) is 114 Å². The molecule has 1 aromatic carbocycles. The standard InChI is InChI=1S/C24H18F4N4O4S/c25-18-2-3-19-16(8-18)9-21(36-19)37(34,35)32-23(5-6-23)22(33)31-11-14-7-17(12-29-10-14)15-1-4-20(30-13-15)24(26,27)28/h1-4,7-10,12-13,32H,5-6,11H2,(H,31,33). The number of rotatable bonds is 7. The maximum absolute atomic E-state index is 13.4. The first-order chi connectivity index (χ1) is 17.5. The van der Waals surface area contributed by atoms with Gasteiger partial charge in [-0.2, -0.15) is 17.9 Å². The van der Waals surface area contributed by atoms with Crippen molar-refractivity contribution in [3.05, 3.63) is 78.1 Å². The van der Waals surface area contributed by atoms with E-state index >= 15 is 0 Å². The highest BCUT2D eigenvalue weighted by Gasteiger charge is 2.53. The summed E-state index contributed by atoms with van der Waals surface area (Å²) in [6, 6.07) is 8.55. The Balaban J connectivity index is 1.26. The van der Waals surface area contributed by atoms with E-state index in [1.807, 2.05) is 0 Å². The van der Waals surface area contributed by atoms with Crippen molar-refractivity contribution in [2.75, 3.05) is 0 Å². The Labute approximate surface area is 207 Å². The van der Waals surface area contributed by atoms with Crippen LogP contribution in [-0.4, -0.2) is 29.8 Å². The summed E-state index contributed by atoms with van der Waals surface area (Å²) >= 11 is 0. The van der Waals surface area contributed by atoms with Gasteiger partial charge in [0.2, 0.25) is 11.0 Å². The first-order valence-corrected chi connectivity index (χ1v) is 12.4. The molecule has 0 saturated heterocycles. The van der Waals surface area contributed by atoms with Crippen LogP contribution in [0.25, 0.3) is 22.1 Å². The molecule has 1 amide bonds. The van der Waals surface area contributed by atoms with Crippen LogP contribution < -0.4 is 10.0 Å². The molecule has 2 N–H and O–H groups in total. The van der Waals surface area contributed by atoms with Crippen LogP contribution in [-0.2, 0) is 27.5 Å². The van der Waals surface area contributed by atoms with Crippen LogP contribution in [0.15, 0.2) is 70.6 Å². The van der Waals surface area contributed by atoms with E-state index in [0.717, 1.165) is 24.4 Å². The van der Waals surface area contributed by atoms with Crippen LogP contribution in [0.5, 0.6) is 0 Å². The zero-order valence-electron chi connectivity index (χ0n) is 18.8. The van der Waals surface area contributed by atoms with Crippen LogP contribution in [0.3, 0.4) is 0 Å². The first kappa shape index (κ1) is 24.8. The van der Waals surface area contributed by atoms with Crippen molar-refractivity contribution in [2.24, 2.45) is 0 Å². The van der Waals surface area contributed by atoms with Crippen LogP contribution in [0.1, 0.15) is 24.1 Å². The summed E-state index contributed by atoms with van der Waals surface area (Å²) < 4.78 is 85.1. The summed E-state index contributed by atoms with van der Waals surface area (Å²) in [7, 11) is -4.21. The van der Waals surface area contributed by atoms with Crippen LogP contribution in [0.2, 0.25) is 0 Å². The Hall–Kier alpha value is -3.84. The second-order valence-electron chi connectivity index (χ2n) is 8.63. The van der Waals surface area contributed by atoms with Crippen molar-refractivity contribution in [1.29, 1.82) is 0 Å². The summed E-state index contributed by atoms with van der Waals surface area (Å²) in [5, 5.41) is 2.50. The Morgan fingerprint density at radius 3 is 2.49 bits per heavy atom. The molecule has 1 fully saturated rings. The summed E-state index contributed by atoms with van der Waals surface area (Å²) in [6.45, 7) is 0.00112. The largest absolute Gasteiger partial charge is 0.443 e. The van der Waals surface area contributed by atoms with Crippen LogP contribution in [0.4, 0.5) is 17.6 Å². The molecule has 3 heterocycles. The monoisotopic (exact) mass is 534 g/mol. The van der Waals surface area contributed by atoms with Gasteiger partial charge >= 0.3 is 6.18 Å². The van der Waals surface area contributed by atoms with Gasteiger partial charge < -0.3 is 9.73 Å². The van der Waals surface area contributed by atoms with Crippen molar-refractivity contribution in [2.45, 2.75) is 36.2 Å². The number of furan rings is 1. The molecule has 1 saturated carbocycles. The predicted molar refractivity (Wildman–Crippen MR) is 123 cm³/mol. The number of pyridine rings is 2. The van der Waals surface area contributed by atoms with E-state index in [9.17, 15) is 30.8 Å².